The van der Waals surface area contributed by atoms with Crippen LogP contribution in [0.25, 0.3) is 21.9 Å². The highest BCUT2D eigenvalue weighted by molar-refractivity contribution is 6.05. The molecule has 3 aromatic rings. The van der Waals surface area contributed by atoms with Crippen LogP contribution < -0.4 is 0 Å². The molecule has 1 aromatic heterocycles. The average molecular weight is 334 g/mol. The van der Waals surface area contributed by atoms with Crippen LogP contribution >= 0.6 is 0 Å². The van der Waals surface area contributed by atoms with Crippen molar-refractivity contribution in [2.45, 2.75) is 38.4 Å². The van der Waals surface area contributed by atoms with Gasteiger partial charge in [-0.25, -0.2) is 0 Å². The fourth-order valence-corrected chi connectivity index (χ4v) is 4.49. The molecule has 2 aromatic carbocycles. The highest BCUT2D eigenvalue weighted by atomic mass is 16.3. The van der Waals surface area contributed by atoms with Crippen molar-refractivity contribution < 1.29 is 9.21 Å². The summed E-state index contributed by atoms with van der Waals surface area (Å²) in [6.45, 7) is 4.69. The Balaban J connectivity index is 1.52. The highest BCUT2D eigenvalue weighted by Crippen LogP contribution is 2.33. The number of nitrogens with zero attached hydrogens (tertiary/aromatic N) is 2. The number of furan rings is 1. The molecule has 3 heterocycles. The van der Waals surface area contributed by atoms with E-state index in [1.165, 1.54) is 5.56 Å². The molecular weight excluding hydrogens is 312 g/mol. The minimum Gasteiger partial charge on any atom is -0.456 e. The van der Waals surface area contributed by atoms with Crippen molar-refractivity contribution in [3.05, 3.63) is 48.0 Å². The molecule has 2 atom stereocenters. The predicted octanol–water partition coefficient (Wildman–Crippen LogP) is 3.78. The van der Waals surface area contributed by atoms with Gasteiger partial charge >= 0.3 is 0 Å². The van der Waals surface area contributed by atoms with E-state index in [-0.39, 0.29) is 11.9 Å². The third-order valence-electron chi connectivity index (χ3n) is 5.87. The summed E-state index contributed by atoms with van der Waals surface area (Å²) in [4.78, 5) is 17.1. The summed E-state index contributed by atoms with van der Waals surface area (Å²) in [6, 6.07) is 14.8. The third-order valence-corrected chi connectivity index (χ3v) is 5.87. The average Bonchev–Trinajstić information content (AvgIpc) is 3.24. The van der Waals surface area contributed by atoms with Gasteiger partial charge in [0.05, 0.1) is 6.04 Å². The molecule has 5 rings (SSSR count). The Labute approximate surface area is 147 Å². The fraction of sp³-hybridized carbons (Fsp3) is 0.381. The highest BCUT2D eigenvalue weighted by Gasteiger charge is 2.40. The summed E-state index contributed by atoms with van der Waals surface area (Å²) in [5, 5.41) is 2.32. The zero-order valence-electron chi connectivity index (χ0n) is 14.4. The molecule has 0 radical (unpaired) electrons. The standard InChI is InChI=1S/C21H22N2O2/c1-14-21(24)23-11-5-7-16(23)13-22(14)12-15-6-4-9-18-17-8-2-3-10-19(17)25-20(15)18/h2-4,6,8-10,14,16H,5,7,11-13H2,1H3/t14-,16+/m1/s1. The van der Waals surface area contributed by atoms with Gasteiger partial charge in [-0.1, -0.05) is 36.4 Å². The number of carbonyl (C=O) groups excluding carboxylic acids is 1. The van der Waals surface area contributed by atoms with Crippen molar-refractivity contribution in [1.82, 2.24) is 9.80 Å². The first kappa shape index (κ1) is 15.0. The van der Waals surface area contributed by atoms with Crippen molar-refractivity contribution >= 4 is 27.8 Å². The Morgan fingerprint density at radius 2 is 1.96 bits per heavy atom. The molecule has 0 saturated carbocycles. The summed E-state index contributed by atoms with van der Waals surface area (Å²) in [5.41, 5.74) is 3.05. The minimum atomic E-state index is -0.0611. The number of carbonyl (C=O) groups is 1. The number of fused-ring (bicyclic) bond motifs is 4. The van der Waals surface area contributed by atoms with Crippen LogP contribution in [-0.4, -0.2) is 40.9 Å². The first-order valence-corrected chi connectivity index (χ1v) is 9.16. The van der Waals surface area contributed by atoms with Crippen LogP contribution in [0.2, 0.25) is 0 Å². The monoisotopic (exact) mass is 334 g/mol. The van der Waals surface area contributed by atoms with E-state index < -0.39 is 0 Å². The maximum atomic E-state index is 12.7. The number of piperazine rings is 1. The second-order valence-corrected chi connectivity index (χ2v) is 7.33. The molecule has 25 heavy (non-hydrogen) atoms. The van der Waals surface area contributed by atoms with Gasteiger partial charge in [0.2, 0.25) is 5.91 Å². The largest absolute Gasteiger partial charge is 0.456 e. The van der Waals surface area contributed by atoms with Gasteiger partial charge < -0.3 is 9.32 Å². The van der Waals surface area contributed by atoms with E-state index in [1.807, 2.05) is 25.1 Å². The van der Waals surface area contributed by atoms with E-state index in [2.05, 4.69) is 34.1 Å². The first-order chi connectivity index (χ1) is 12.2. The van der Waals surface area contributed by atoms with Crippen LogP contribution in [0.5, 0.6) is 0 Å². The molecule has 0 unspecified atom stereocenters. The van der Waals surface area contributed by atoms with E-state index in [0.717, 1.165) is 54.4 Å². The summed E-state index contributed by atoms with van der Waals surface area (Å²) in [7, 11) is 0. The molecule has 2 aliphatic heterocycles. The van der Waals surface area contributed by atoms with E-state index in [1.54, 1.807) is 0 Å². The molecule has 4 nitrogen and oxygen atoms in total. The molecule has 2 aliphatic rings. The van der Waals surface area contributed by atoms with Crippen molar-refractivity contribution in [2.75, 3.05) is 13.1 Å². The van der Waals surface area contributed by atoms with Crippen LogP contribution in [0, 0.1) is 0 Å². The van der Waals surface area contributed by atoms with Gasteiger partial charge in [0.1, 0.15) is 11.2 Å². The minimum absolute atomic E-state index is 0.0611. The van der Waals surface area contributed by atoms with E-state index in [9.17, 15) is 4.79 Å². The van der Waals surface area contributed by atoms with E-state index >= 15 is 0 Å². The molecule has 1 amide bonds. The molecule has 0 aliphatic carbocycles. The van der Waals surface area contributed by atoms with Crippen molar-refractivity contribution in [3.63, 3.8) is 0 Å². The van der Waals surface area contributed by atoms with Crippen LogP contribution in [0.15, 0.2) is 46.9 Å². The van der Waals surface area contributed by atoms with Crippen LogP contribution in [0.3, 0.4) is 0 Å². The zero-order valence-corrected chi connectivity index (χ0v) is 14.4. The summed E-state index contributed by atoms with van der Waals surface area (Å²) >= 11 is 0. The maximum Gasteiger partial charge on any atom is 0.239 e. The SMILES string of the molecule is C[C@@H]1C(=O)N2CCC[C@H]2CN1Cc1cccc2c1oc1ccccc12. The summed E-state index contributed by atoms with van der Waals surface area (Å²) in [6.07, 6.45) is 2.26. The van der Waals surface area contributed by atoms with Crippen molar-refractivity contribution in [3.8, 4) is 0 Å². The van der Waals surface area contributed by atoms with Crippen LogP contribution in [0.4, 0.5) is 0 Å². The quantitative estimate of drug-likeness (QED) is 0.716. The third kappa shape index (κ3) is 2.28. The van der Waals surface area contributed by atoms with Gasteiger partial charge in [-0.15, -0.1) is 0 Å². The lowest BCUT2D eigenvalue weighted by molar-refractivity contribution is -0.143. The molecular formula is C21H22N2O2. The number of hydrogen-bond acceptors (Lipinski definition) is 3. The number of para-hydroxylation sites is 2. The van der Waals surface area contributed by atoms with Crippen LogP contribution in [-0.2, 0) is 11.3 Å². The van der Waals surface area contributed by atoms with E-state index in [0.29, 0.717) is 6.04 Å². The lowest BCUT2D eigenvalue weighted by Gasteiger charge is -2.41. The van der Waals surface area contributed by atoms with Crippen molar-refractivity contribution in [1.29, 1.82) is 0 Å². The van der Waals surface area contributed by atoms with E-state index in [4.69, 9.17) is 4.42 Å². The zero-order chi connectivity index (χ0) is 17.0. The number of rotatable bonds is 2. The second-order valence-electron chi connectivity index (χ2n) is 7.33. The van der Waals surface area contributed by atoms with Gasteiger partial charge in [-0.3, -0.25) is 9.69 Å². The topological polar surface area (TPSA) is 36.7 Å². The Morgan fingerprint density at radius 1 is 1.12 bits per heavy atom. The van der Waals surface area contributed by atoms with Gasteiger partial charge in [-0.05, 0) is 25.8 Å². The maximum absolute atomic E-state index is 12.7. The second kappa shape index (κ2) is 5.60. The van der Waals surface area contributed by atoms with Gasteiger partial charge in [-0.2, -0.15) is 0 Å². The lowest BCUT2D eigenvalue weighted by Crippen LogP contribution is -2.58. The number of hydrogen-bond donors (Lipinski definition) is 0. The normalized spacial score (nSPS) is 24.4. The smallest absolute Gasteiger partial charge is 0.239 e. The first-order valence-electron chi connectivity index (χ1n) is 9.16. The summed E-state index contributed by atoms with van der Waals surface area (Å²) in [5.74, 6) is 0.283. The molecule has 128 valence electrons. The predicted molar refractivity (Wildman–Crippen MR) is 98.3 cm³/mol. The Bertz CT molecular complexity index is 961. The molecule has 2 saturated heterocycles. The van der Waals surface area contributed by atoms with Gasteiger partial charge in [0, 0.05) is 42.0 Å². The fourth-order valence-electron chi connectivity index (χ4n) is 4.49. The molecule has 2 fully saturated rings. The van der Waals surface area contributed by atoms with Crippen LogP contribution in [0.1, 0.15) is 25.3 Å². The van der Waals surface area contributed by atoms with Gasteiger partial charge in [0.25, 0.3) is 0 Å². The van der Waals surface area contributed by atoms with Crippen molar-refractivity contribution in [2.24, 2.45) is 0 Å². The molecule has 0 bridgehead atoms. The molecule has 0 spiro atoms. The number of amides is 1. The summed E-state index contributed by atoms with van der Waals surface area (Å²) < 4.78 is 6.15. The Hall–Kier alpha value is -2.33. The Kier molecular flexibility index (Phi) is 3.35. The number of benzene rings is 2. The molecule has 4 heteroatoms. The Morgan fingerprint density at radius 3 is 2.88 bits per heavy atom. The molecule has 0 N–H and O–H groups in total. The van der Waals surface area contributed by atoms with Gasteiger partial charge in [0.15, 0.2) is 0 Å². The lowest BCUT2D eigenvalue weighted by atomic mass is 10.0.